The Morgan fingerprint density at radius 3 is 2.75 bits per heavy atom. The largest absolute Gasteiger partial charge is 0.461 e. The second-order valence-corrected chi connectivity index (χ2v) is 5.39. The van der Waals surface area contributed by atoms with E-state index in [9.17, 15) is 0 Å². The van der Waals surface area contributed by atoms with Crippen LogP contribution in [0.4, 0.5) is 0 Å². The first-order valence-electron chi connectivity index (χ1n) is 8.32. The monoisotopic (exact) mass is 333 g/mol. The van der Waals surface area contributed by atoms with Crippen LogP contribution < -0.4 is 10.6 Å². The zero-order chi connectivity index (χ0) is 17.0. The molecule has 1 aromatic heterocycles. The Labute approximate surface area is 143 Å². The maximum absolute atomic E-state index is 5.80. The summed E-state index contributed by atoms with van der Waals surface area (Å²) in [7, 11) is 3.44. The number of methoxy groups -OCH3 is 1. The molecule has 0 saturated heterocycles. The Morgan fingerprint density at radius 2 is 1.96 bits per heavy atom. The number of benzene rings is 1. The van der Waals surface area contributed by atoms with E-state index in [2.05, 4.69) is 27.8 Å². The number of nitrogens with zero attached hydrogens (tertiary/aromatic N) is 1. The van der Waals surface area contributed by atoms with E-state index in [-0.39, 0.29) is 0 Å². The molecule has 0 aliphatic rings. The van der Waals surface area contributed by atoms with Gasteiger partial charge in [0.1, 0.15) is 11.3 Å². The molecule has 0 spiro atoms. The van der Waals surface area contributed by atoms with E-state index in [1.165, 1.54) is 0 Å². The van der Waals surface area contributed by atoms with Crippen LogP contribution in [0.5, 0.6) is 0 Å². The number of para-hydroxylation sites is 1. The normalized spacial score (nSPS) is 11.8. The van der Waals surface area contributed by atoms with Gasteiger partial charge in [-0.05, 0) is 18.6 Å². The first-order valence-corrected chi connectivity index (χ1v) is 8.32. The van der Waals surface area contributed by atoms with E-state index >= 15 is 0 Å². The minimum atomic E-state index is 0.637. The predicted molar refractivity (Wildman–Crippen MR) is 96.6 cm³/mol. The zero-order valence-corrected chi connectivity index (χ0v) is 14.5. The molecule has 2 aromatic rings. The molecule has 1 aromatic carbocycles. The number of nitrogens with one attached hydrogen (secondary N) is 2. The number of ether oxygens (including phenoxy) is 2. The molecule has 0 unspecified atom stereocenters. The fraction of sp³-hybridized carbons (Fsp3) is 0.500. The van der Waals surface area contributed by atoms with Crippen molar-refractivity contribution in [3.63, 3.8) is 0 Å². The van der Waals surface area contributed by atoms with Crippen molar-refractivity contribution in [3.8, 4) is 0 Å². The molecule has 0 atom stereocenters. The van der Waals surface area contributed by atoms with Crippen molar-refractivity contribution in [2.75, 3.05) is 47.1 Å². The Kier molecular flexibility index (Phi) is 8.13. The van der Waals surface area contributed by atoms with Crippen LogP contribution in [0.25, 0.3) is 11.0 Å². The van der Waals surface area contributed by atoms with Crippen molar-refractivity contribution < 1.29 is 13.9 Å². The molecule has 0 amide bonds. The number of hydrogen-bond donors (Lipinski definition) is 2. The molecule has 0 fully saturated rings. The molecule has 6 heteroatoms. The number of hydrogen-bond acceptors (Lipinski definition) is 4. The van der Waals surface area contributed by atoms with Gasteiger partial charge in [0.05, 0.1) is 13.2 Å². The highest BCUT2D eigenvalue weighted by molar-refractivity contribution is 5.79. The molecule has 0 radical (unpaired) electrons. The van der Waals surface area contributed by atoms with Gasteiger partial charge in [-0.2, -0.15) is 0 Å². The standard InChI is InChI=1S/C18H27N3O3/c1-19-18(20-9-5-11-23-13-12-22-2)21-10-8-16-14-15-6-3-4-7-17(15)24-16/h3-4,6-7,14H,5,8-13H2,1-2H3,(H2,19,20,21). The molecule has 132 valence electrons. The summed E-state index contributed by atoms with van der Waals surface area (Å²) in [6.07, 6.45) is 1.74. The van der Waals surface area contributed by atoms with Crippen LogP contribution in [0, 0.1) is 0 Å². The summed E-state index contributed by atoms with van der Waals surface area (Å²) in [4.78, 5) is 4.21. The van der Waals surface area contributed by atoms with Crippen molar-refractivity contribution in [2.45, 2.75) is 12.8 Å². The Bertz CT molecular complexity index is 592. The van der Waals surface area contributed by atoms with Gasteiger partial charge < -0.3 is 24.5 Å². The lowest BCUT2D eigenvalue weighted by Crippen LogP contribution is -2.39. The maximum Gasteiger partial charge on any atom is 0.190 e. The number of fused-ring (bicyclic) bond motifs is 1. The molecule has 0 bridgehead atoms. The molecule has 0 aliphatic carbocycles. The third kappa shape index (κ3) is 6.22. The number of guanidine groups is 1. The molecular weight excluding hydrogens is 306 g/mol. The third-order valence-corrected chi connectivity index (χ3v) is 3.55. The van der Waals surface area contributed by atoms with Crippen LogP contribution in [0.15, 0.2) is 39.7 Å². The van der Waals surface area contributed by atoms with Gasteiger partial charge in [0.25, 0.3) is 0 Å². The highest BCUT2D eigenvalue weighted by Gasteiger charge is 2.03. The van der Waals surface area contributed by atoms with Crippen LogP contribution in [0.3, 0.4) is 0 Å². The van der Waals surface area contributed by atoms with Gasteiger partial charge in [0.2, 0.25) is 0 Å². The summed E-state index contributed by atoms with van der Waals surface area (Å²) in [6.45, 7) is 3.58. The predicted octanol–water partition coefficient (Wildman–Crippen LogP) is 2.19. The third-order valence-electron chi connectivity index (χ3n) is 3.55. The first kappa shape index (κ1) is 18.3. The Balaban J connectivity index is 1.61. The van der Waals surface area contributed by atoms with Crippen LogP contribution in [-0.2, 0) is 15.9 Å². The highest BCUT2D eigenvalue weighted by atomic mass is 16.5. The Morgan fingerprint density at radius 1 is 1.12 bits per heavy atom. The van der Waals surface area contributed by atoms with Gasteiger partial charge in [-0.3, -0.25) is 4.99 Å². The molecule has 24 heavy (non-hydrogen) atoms. The summed E-state index contributed by atoms with van der Waals surface area (Å²) in [5.41, 5.74) is 0.934. The van der Waals surface area contributed by atoms with Crippen molar-refractivity contribution in [1.29, 1.82) is 0 Å². The van der Waals surface area contributed by atoms with Gasteiger partial charge in [-0.15, -0.1) is 0 Å². The minimum Gasteiger partial charge on any atom is -0.461 e. The lowest BCUT2D eigenvalue weighted by molar-refractivity contribution is 0.0698. The van der Waals surface area contributed by atoms with Crippen LogP contribution in [0.2, 0.25) is 0 Å². The summed E-state index contributed by atoms with van der Waals surface area (Å²) in [5, 5.41) is 7.70. The van der Waals surface area contributed by atoms with Crippen LogP contribution >= 0.6 is 0 Å². The molecular formula is C18H27N3O3. The summed E-state index contributed by atoms with van der Waals surface area (Å²) >= 11 is 0. The summed E-state index contributed by atoms with van der Waals surface area (Å²) in [6, 6.07) is 10.1. The zero-order valence-electron chi connectivity index (χ0n) is 14.5. The fourth-order valence-electron chi connectivity index (χ4n) is 2.31. The average molecular weight is 333 g/mol. The van der Waals surface area contributed by atoms with E-state index in [1.807, 2.05) is 18.2 Å². The van der Waals surface area contributed by atoms with Gasteiger partial charge >= 0.3 is 0 Å². The average Bonchev–Trinajstić information content (AvgIpc) is 3.02. The van der Waals surface area contributed by atoms with E-state index in [1.54, 1.807) is 14.2 Å². The Hall–Kier alpha value is -2.05. The molecule has 2 rings (SSSR count). The van der Waals surface area contributed by atoms with E-state index in [0.717, 1.165) is 48.6 Å². The van der Waals surface area contributed by atoms with E-state index in [0.29, 0.717) is 19.8 Å². The molecule has 1 heterocycles. The molecule has 2 N–H and O–H groups in total. The maximum atomic E-state index is 5.80. The van der Waals surface area contributed by atoms with Gasteiger partial charge in [-0.1, -0.05) is 18.2 Å². The number of rotatable bonds is 10. The summed E-state index contributed by atoms with van der Waals surface area (Å²) < 4.78 is 16.1. The lowest BCUT2D eigenvalue weighted by atomic mass is 10.2. The van der Waals surface area contributed by atoms with Crippen molar-refractivity contribution in [1.82, 2.24) is 10.6 Å². The quantitative estimate of drug-likeness (QED) is 0.396. The molecule has 0 saturated carbocycles. The van der Waals surface area contributed by atoms with E-state index in [4.69, 9.17) is 13.9 Å². The number of aliphatic imine (C=N–C) groups is 1. The van der Waals surface area contributed by atoms with Crippen LogP contribution in [-0.4, -0.2) is 53.0 Å². The van der Waals surface area contributed by atoms with Crippen molar-refractivity contribution >= 4 is 16.9 Å². The summed E-state index contributed by atoms with van der Waals surface area (Å²) in [5.74, 6) is 1.77. The highest BCUT2D eigenvalue weighted by Crippen LogP contribution is 2.18. The van der Waals surface area contributed by atoms with Gasteiger partial charge in [-0.25, -0.2) is 0 Å². The van der Waals surface area contributed by atoms with Gasteiger partial charge in [0, 0.05) is 45.7 Å². The second kappa shape index (κ2) is 10.7. The first-order chi connectivity index (χ1) is 11.8. The molecule has 0 aliphatic heterocycles. The van der Waals surface area contributed by atoms with Gasteiger partial charge in [0.15, 0.2) is 5.96 Å². The number of furan rings is 1. The molecule has 6 nitrogen and oxygen atoms in total. The van der Waals surface area contributed by atoms with E-state index < -0.39 is 0 Å². The SMILES string of the molecule is CN=C(NCCCOCCOC)NCCc1cc2ccccc2o1. The fourth-order valence-corrected chi connectivity index (χ4v) is 2.31. The smallest absolute Gasteiger partial charge is 0.190 e. The minimum absolute atomic E-state index is 0.637. The topological polar surface area (TPSA) is 68.0 Å². The lowest BCUT2D eigenvalue weighted by Gasteiger charge is -2.11. The van der Waals surface area contributed by atoms with Crippen LogP contribution in [0.1, 0.15) is 12.2 Å². The second-order valence-electron chi connectivity index (χ2n) is 5.39. The van der Waals surface area contributed by atoms with Crippen molar-refractivity contribution in [3.05, 3.63) is 36.1 Å². The van der Waals surface area contributed by atoms with Crippen molar-refractivity contribution in [2.24, 2.45) is 4.99 Å².